The van der Waals surface area contributed by atoms with Crippen LogP contribution in [0.25, 0.3) is 10.8 Å². The van der Waals surface area contributed by atoms with Gasteiger partial charge in [-0.1, -0.05) is 42.5 Å². The van der Waals surface area contributed by atoms with Crippen LogP contribution in [0.1, 0.15) is 28.9 Å². The Balaban J connectivity index is 1.83. The maximum atomic E-state index is 12.5. The van der Waals surface area contributed by atoms with Crippen molar-refractivity contribution >= 4 is 16.7 Å². The molecular formula is C20H19NO3. The molecule has 0 aliphatic carbocycles. The Labute approximate surface area is 140 Å². The summed E-state index contributed by atoms with van der Waals surface area (Å²) >= 11 is 0. The summed E-state index contributed by atoms with van der Waals surface area (Å²) in [6.07, 6.45) is 0. The normalized spacial score (nSPS) is 11.9. The van der Waals surface area contributed by atoms with Crippen molar-refractivity contribution < 1.29 is 14.6 Å². The lowest BCUT2D eigenvalue weighted by Crippen LogP contribution is -2.26. The molecule has 2 N–H and O–H groups in total. The number of para-hydroxylation sites is 1. The molecule has 0 fully saturated rings. The zero-order valence-corrected chi connectivity index (χ0v) is 13.6. The van der Waals surface area contributed by atoms with E-state index < -0.39 is 0 Å². The Morgan fingerprint density at radius 1 is 1.04 bits per heavy atom. The van der Waals surface area contributed by atoms with Crippen molar-refractivity contribution in [1.82, 2.24) is 5.32 Å². The van der Waals surface area contributed by atoms with Crippen LogP contribution in [0.3, 0.4) is 0 Å². The maximum Gasteiger partial charge on any atom is 0.255 e. The fraction of sp³-hybridized carbons (Fsp3) is 0.150. The molecule has 24 heavy (non-hydrogen) atoms. The van der Waals surface area contributed by atoms with Gasteiger partial charge in [-0.3, -0.25) is 4.79 Å². The Hall–Kier alpha value is -3.01. The third-order valence-electron chi connectivity index (χ3n) is 4.08. The minimum Gasteiger partial charge on any atom is -0.504 e. The molecule has 3 rings (SSSR count). The fourth-order valence-electron chi connectivity index (χ4n) is 2.71. The van der Waals surface area contributed by atoms with Crippen molar-refractivity contribution in [2.24, 2.45) is 0 Å². The maximum absolute atomic E-state index is 12.5. The molecule has 1 atom stereocenters. The highest BCUT2D eigenvalue weighted by Crippen LogP contribution is 2.29. The van der Waals surface area contributed by atoms with Gasteiger partial charge in [0.25, 0.3) is 5.91 Å². The lowest BCUT2D eigenvalue weighted by atomic mass is 10.0. The molecule has 0 bridgehead atoms. The third-order valence-corrected chi connectivity index (χ3v) is 4.08. The van der Waals surface area contributed by atoms with E-state index in [1.165, 1.54) is 7.11 Å². The SMILES string of the molecule is COc1cccc(C(=O)N[C@H](C)c2ccc3ccccc3c2)c1O. The highest BCUT2D eigenvalue weighted by molar-refractivity contribution is 5.98. The fourth-order valence-corrected chi connectivity index (χ4v) is 2.71. The van der Waals surface area contributed by atoms with Gasteiger partial charge in [-0.25, -0.2) is 0 Å². The minimum atomic E-state index is -0.341. The number of aromatic hydroxyl groups is 1. The smallest absolute Gasteiger partial charge is 0.255 e. The highest BCUT2D eigenvalue weighted by atomic mass is 16.5. The lowest BCUT2D eigenvalue weighted by molar-refractivity contribution is 0.0936. The second-order valence-electron chi connectivity index (χ2n) is 5.66. The number of fused-ring (bicyclic) bond motifs is 1. The number of nitrogens with one attached hydrogen (secondary N) is 1. The average Bonchev–Trinajstić information content (AvgIpc) is 2.61. The van der Waals surface area contributed by atoms with Gasteiger partial charge >= 0.3 is 0 Å². The summed E-state index contributed by atoms with van der Waals surface area (Å²) < 4.78 is 5.04. The van der Waals surface area contributed by atoms with E-state index in [0.717, 1.165) is 16.3 Å². The van der Waals surface area contributed by atoms with Gasteiger partial charge in [0, 0.05) is 0 Å². The number of rotatable bonds is 4. The van der Waals surface area contributed by atoms with Gasteiger partial charge in [0.15, 0.2) is 11.5 Å². The first-order chi connectivity index (χ1) is 11.6. The first kappa shape index (κ1) is 15.9. The molecular weight excluding hydrogens is 302 g/mol. The van der Waals surface area contributed by atoms with Crippen LogP contribution in [0.4, 0.5) is 0 Å². The summed E-state index contributed by atoms with van der Waals surface area (Å²) in [5, 5.41) is 15.3. The monoisotopic (exact) mass is 321 g/mol. The summed E-state index contributed by atoms with van der Waals surface area (Å²) in [6, 6.07) is 18.8. The van der Waals surface area contributed by atoms with Crippen LogP contribution in [0.5, 0.6) is 11.5 Å². The van der Waals surface area contributed by atoms with Crippen LogP contribution in [0.15, 0.2) is 60.7 Å². The van der Waals surface area contributed by atoms with Crippen molar-refractivity contribution in [3.8, 4) is 11.5 Å². The Morgan fingerprint density at radius 3 is 2.54 bits per heavy atom. The van der Waals surface area contributed by atoms with E-state index in [4.69, 9.17) is 4.74 Å². The van der Waals surface area contributed by atoms with E-state index in [1.54, 1.807) is 18.2 Å². The molecule has 3 aromatic carbocycles. The van der Waals surface area contributed by atoms with Gasteiger partial charge in [-0.2, -0.15) is 0 Å². The van der Waals surface area contributed by atoms with Crippen molar-refractivity contribution in [2.75, 3.05) is 7.11 Å². The number of hydrogen-bond acceptors (Lipinski definition) is 3. The topological polar surface area (TPSA) is 58.6 Å². The van der Waals surface area contributed by atoms with Gasteiger partial charge in [0.2, 0.25) is 0 Å². The molecule has 4 heteroatoms. The largest absolute Gasteiger partial charge is 0.504 e. The highest BCUT2D eigenvalue weighted by Gasteiger charge is 2.17. The summed E-state index contributed by atoms with van der Waals surface area (Å²) in [4.78, 5) is 12.5. The Kier molecular flexibility index (Phi) is 4.38. The van der Waals surface area contributed by atoms with Crippen molar-refractivity contribution in [1.29, 1.82) is 0 Å². The molecule has 0 aromatic heterocycles. The zero-order valence-electron chi connectivity index (χ0n) is 13.6. The lowest BCUT2D eigenvalue weighted by Gasteiger charge is -2.16. The molecule has 1 amide bonds. The summed E-state index contributed by atoms with van der Waals surface area (Å²) in [5.41, 5.74) is 1.20. The van der Waals surface area contributed by atoms with E-state index in [-0.39, 0.29) is 29.0 Å². The number of methoxy groups -OCH3 is 1. The number of benzene rings is 3. The average molecular weight is 321 g/mol. The summed E-state index contributed by atoms with van der Waals surface area (Å²) in [7, 11) is 1.45. The quantitative estimate of drug-likeness (QED) is 0.762. The molecule has 4 nitrogen and oxygen atoms in total. The molecule has 0 aliphatic heterocycles. The number of amides is 1. The predicted molar refractivity (Wildman–Crippen MR) is 94.5 cm³/mol. The number of phenolic OH excluding ortho intramolecular Hbond substituents is 1. The van der Waals surface area contributed by atoms with Crippen molar-refractivity contribution in [3.05, 3.63) is 71.8 Å². The first-order valence-electron chi connectivity index (χ1n) is 7.75. The van der Waals surface area contributed by atoms with Gasteiger partial charge in [0.05, 0.1) is 18.7 Å². The molecule has 0 saturated heterocycles. The molecule has 0 saturated carbocycles. The molecule has 122 valence electrons. The second-order valence-corrected chi connectivity index (χ2v) is 5.66. The number of hydrogen-bond donors (Lipinski definition) is 2. The number of carbonyl (C=O) groups excluding carboxylic acids is 1. The molecule has 0 radical (unpaired) electrons. The second kappa shape index (κ2) is 6.62. The Morgan fingerprint density at radius 2 is 1.79 bits per heavy atom. The Bertz CT molecular complexity index is 889. The molecule has 3 aromatic rings. The zero-order chi connectivity index (χ0) is 17.1. The van der Waals surface area contributed by atoms with E-state index in [9.17, 15) is 9.90 Å². The van der Waals surface area contributed by atoms with E-state index >= 15 is 0 Å². The minimum absolute atomic E-state index is 0.150. The van der Waals surface area contributed by atoms with Crippen molar-refractivity contribution in [3.63, 3.8) is 0 Å². The van der Waals surface area contributed by atoms with E-state index in [1.807, 2.05) is 37.3 Å². The van der Waals surface area contributed by atoms with Gasteiger partial charge in [-0.15, -0.1) is 0 Å². The van der Waals surface area contributed by atoms with Crippen molar-refractivity contribution in [2.45, 2.75) is 13.0 Å². The number of phenols is 1. The molecule has 0 heterocycles. The van der Waals surface area contributed by atoms with Crippen LogP contribution in [-0.2, 0) is 0 Å². The summed E-state index contributed by atoms with van der Waals surface area (Å²) in [5.74, 6) is -0.212. The van der Waals surface area contributed by atoms with Crippen LogP contribution < -0.4 is 10.1 Å². The van der Waals surface area contributed by atoms with E-state index in [2.05, 4.69) is 17.4 Å². The molecule has 0 spiro atoms. The van der Waals surface area contributed by atoms with Gasteiger partial charge in [0.1, 0.15) is 0 Å². The number of carbonyl (C=O) groups is 1. The predicted octanol–water partition coefficient (Wildman–Crippen LogP) is 4.05. The van der Waals surface area contributed by atoms with Crippen LogP contribution >= 0.6 is 0 Å². The summed E-state index contributed by atoms with van der Waals surface area (Å²) in [6.45, 7) is 1.92. The van der Waals surface area contributed by atoms with E-state index in [0.29, 0.717) is 0 Å². The van der Waals surface area contributed by atoms with Gasteiger partial charge < -0.3 is 15.2 Å². The van der Waals surface area contributed by atoms with Crippen LogP contribution in [0.2, 0.25) is 0 Å². The standard InChI is InChI=1S/C20H19NO3/c1-13(15-11-10-14-6-3-4-7-16(14)12-15)21-20(23)17-8-5-9-18(24-2)19(17)22/h3-13,22H,1-2H3,(H,21,23)/t13-/m1/s1. The number of ether oxygens (including phenoxy) is 1. The van der Waals surface area contributed by atoms with Crippen LogP contribution in [-0.4, -0.2) is 18.1 Å². The molecule has 0 aliphatic rings. The van der Waals surface area contributed by atoms with Gasteiger partial charge in [-0.05, 0) is 41.5 Å². The third kappa shape index (κ3) is 3.04. The van der Waals surface area contributed by atoms with Crippen LogP contribution in [0, 0.1) is 0 Å². The first-order valence-corrected chi connectivity index (χ1v) is 7.75. The molecule has 0 unspecified atom stereocenters.